The quantitative estimate of drug-likeness (QED) is 0.431. The molecule has 1 aliphatic rings. The van der Waals surface area contributed by atoms with Crippen LogP contribution in [0.15, 0.2) is 54.7 Å². The Morgan fingerprint density at radius 1 is 1.15 bits per heavy atom. The van der Waals surface area contributed by atoms with E-state index >= 15 is 0 Å². The number of aromatic nitrogens is 1. The summed E-state index contributed by atoms with van der Waals surface area (Å²) in [5, 5.41) is 2.83. The normalized spacial score (nSPS) is 14.6. The number of carbonyl (C=O) groups is 3. The highest BCUT2D eigenvalue weighted by atomic mass is 16.5. The molecule has 3 N–H and O–H groups in total. The summed E-state index contributed by atoms with van der Waals surface area (Å²) in [4.78, 5) is 41.3. The van der Waals surface area contributed by atoms with E-state index in [0.717, 1.165) is 11.1 Å². The Morgan fingerprint density at radius 2 is 1.91 bits per heavy atom. The number of pyridine rings is 1. The van der Waals surface area contributed by atoms with E-state index in [0.29, 0.717) is 35.0 Å². The first-order valence-electron chi connectivity index (χ1n) is 10.6. The molecule has 2 aromatic carbocycles. The van der Waals surface area contributed by atoms with Crippen LogP contribution in [0.25, 0.3) is 0 Å². The molecule has 0 saturated heterocycles. The van der Waals surface area contributed by atoms with Gasteiger partial charge in [-0.1, -0.05) is 13.0 Å². The standard InChI is InChI=1S/C25H24N4O5/c1-14-11-23(30)34-22-12-16(4-6-19(14)22)28-25(32)29(3)21-7-5-17(10-15(21)2)33-18-8-9-27-20(13-18)24(26)31/h4-10,12-14H,11H2,1-3H3,(H2,26,31)(H,28,32). The summed E-state index contributed by atoms with van der Waals surface area (Å²) in [5.41, 5.74) is 8.31. The van der Waals surface area contributed by atoms with Gasteiger partial charge in [0.1, 0.15) is 22.9 Å². The first-order chi connectivity index (χ1) is 16.2. The van der Waals surface area contributed by atoms with Gasteiger partial charge in [0.15, 0.2) is 0 Å². The summed E-state index contributed by atoms with van der Waals surface area (Å²) in [5.74, 6) is 0.568. The molecule has 0 bridgehead atoms. The largest absolute Gasteiger partial charge is 0.457 e. The number of nitrogens with two attached hydrogens (primary N) is 1. The van der Waals surface area contributed by atoms with Crippen LogP contribution in [-0.4, -0.2) is 29.9 Å². The van der Waals surface area contributed by atoms with E-state index in [4.69, 9.17) is 15.2 Å². The second kappa shape index (κ2) is 9.22. The highest BCUT2D eigenvalue weighted by molar-refractivity contribution is 6.02. The number of anilines is 2. The molecule has 0 saturated carbocycles. The third-order valence-electron chi connectivity index (χ3n) is 5.55. The van der Waals surface area contributed by atoms with Crippen molar-refractivity contribution in [3.8, 4) is 17.2 Å². The molecule has 0 fully saturated rings. The van der Waals surface area contributed by atoms with Gasteiger partial charge in [0.2, 0.25) is 0 Å². The van der Waals surface area contributed by atoms with Gasteiger partial charge < -0.3 is 20.5 Å². The Kier molecular flexibility index (Phi) is 6.18. The number of rotatable bonds is 5. The Balaban J connectivity index is 1.46. The molecule has 1 unspecified atom stereocenters. The SMILES string of the molecule is Cc1cc(Oc2ccnc(C(N)=O)c2)ccc1N(C)C(=O)Nc1ccc2c(c1)OC(=O)CC2C. The molecule has 3 aromatic rings. The molecule has 9 heteroatoms. The number of nitrogens with one attached hydrogen (secondary N) is 1. The van der Waals surface area contributed by atoms with Crippen LogP contribution in [0.2, 0.25) is 0 Å². The van der Waals surface area contributed by atoms with Crippen molar-refractivity contribution in [1.29, 1.82) is 0 Å². The lowest BCUT2D eigenvalue weighted by Gasteiger charge is -2.23. The summed E-state index contributed by atoms with van der Waals surface area (Å²) >= 11 is 0. The summed E-state index contributed by atoms with van der Waals surface area (Å²) in [6.07, 6.45) is 1.78. The Morgan fingerprint density at radius 3 is 2.65 bits per heavy atom. The first kappa shape index (κ1) is 22.8. The average molecular weight is 460 g/mol. The van der Waals surface area contributed by atoms with E-state index in [9.17, 15) is 14.4 Å². The molecule has 1 aliphatic heterocycles. The van der Waals surface area contributed by atoms with Crippen molar-refractivity contribution in [3.63, 3.8) is 0 Å². The number of urea groups is 1. The first-order valence-corrected chi connectivity index (χ1v) is 10.6. The second-order valence-electron chi connectivity index (χ2n) is 8.11. The van der Waals surface area contributed by atoms with Crippen LogP contribution in [0.5, 0.6) is 17.2 Å². The Labute approximate surface area is 196 Å². The molecule has 174 valence electrons. The predicted octanol–water partition coefficient (Wildman–Crippen LogP) is 4.36. The van der Waals surface area contributed by atoms with E-state index in [1.54, 1.807) is 43.4 Å². The monoisotopic (exact) mass is 460 g/mol. The molecular formula is C25H24N4O5. The summed E-state index contributed by atoms with van der Waals surface area (Å²) in [7, 11) is 1.65. The molecular weight excluding hydrogens is 436 g/mol. The number of amides is 3. The van der Waals surface area contributed by atoms with Gasteiger partial charge in [0.05, 0.1) is 6.42 Å². The molecule has 0 radical (unpaired) electrons. The number of ether oxygens (including phenoxy) is 2. The Bertz CT molecular complexity index is 1290. The van der Waals surface area contributed by atoms with Crippen molar-refractivity contribution in [2.75, 3.05) is 17.3 Å². The number of hydrogen-bond donors (Lipinski definition) is 2. The van der Waals surface area contributed by atoms with Crippen LogP contribution < -0.4 is 25.4 Å². The van der Waals surface area contributed by atoms with Crippen molar-refractivity contribution >= 4 is 29.3 Å². The van der Waals surface area contributed by atoms with Gasteiger partial charge >= 0.3 is 12.0 Å². The number of esters is 1. The van der Waals surface area contributed by atoms with Crippen LogP contribution in [-0.2, 0) is 4.79 Å². The minimum atomic E-state index is -0.642. The maximum atomic E-state index is 12.9. The third-order valence-corrected chi connectivity index (χ3v) is 5.55. The van der Waals surface area contributed by atoms with E-state index in [-0.39, 0.29) is 23.6 Å². The molecule has 0 aliphatic carbocycles. The second-order valence-corrected chi connectivity index (χ2v) is 8.11. The van der Waals surface area contributed by atoms with Gasteiger partial charge in [-0.15, -0.1) is 0 Å². The molecule has 0 spiro atoms. The molecule has 1 aromatic heterocycles. The fraction of sp³-hybridized carbons (Fsp3) is 0.200. The van der Waals surface area contributed by atoms with Crippen molar-refractivity contribution in [2.24, 2.45) is 5.73 Å². The van der Waals surface area contributed by atoms with Gasteiger partial charge in [0, 0.05) is 36.8 Å². The molecule has 9 nitrogen and oxygen atoms in total. The van der Waals surface area contributed by atoms with Gasteiger partial charge in [-0.2, -0.15) is 0 Å². The highest BCUT2D eigenvalue weighted by Crippen LogP contribution is 2.36. The van der Waals surface area contributed by atoms with Gasteiger partial charge in [-0.25, -0.2) is 4.79 Å². The summed E-state index contributed by atoms with van der Waals surface area (Å²) in [6.45, 7) is 3.82. The lowest BCUT2D eigenvalue weighted by Crippen LogP contribution is -2.31. The van der Waals surface area contributed by atoms with E-state index < -0.39 is 5.91 Å². The number of fused-ring (bicyclic) bond motifs is 1. The fourth-order valence-electron chi connectivity index (χ4n) is 3.76. The maximum absolute atomic E-state index is 12.9. The number of aryl methyl sites for hydroxylation is 1. The lowest BCUT2D eigenvalue weighted by atomic mass is 9.94. The number of nitrogens with zero attached hydrogens (tertiary/aromatic N) is 2. The predicted molar refractivity (Wildman–Crippen MR) is 127 cm³/mol. The van der Waals surface area contributed by atoms with Crippen molar-refractivity contribution in [3.05, 3.63) is 71.5 Å². The summed E-state index contributed by atoms with van der Waals surface area (Å²) < 4.78 is 11.1. The zero-order valence-electron chi connectivity index (χ0n) is 19.0. The average Bonchev–Trinajstić information content (AvgIpc) is 2.78. The smallest absolute Gasteiger partial charge is 0.326 e. The van der Waals surface area contributed by atoms with E-state index in [1.807, 2.05) is 19.9 Å². The number of primary amides is 1. The van der Waals surface area contributed by atoms with Crippen LogP contribution in [0.1, 0.15) is 40.9 Å². The van der Waals surface area contributed by atoms with E-state index in [2.05, 4.69) is 10.3 Å². The van der Waals surface area contributed by atoms with E-state index in [1.165, 1.54) is 17.2 Å². The Hall–Kier alpha value is -4.40. The van der Waals surface area contributed by atoms with Gasteiger partial charge in [-0.3, -0.25) is 19.5 Å². The molecule has 4 rings (SSSR count). The maximum Gasteiger partial charge on any atom is 0.326 e. The third kappa shape index (κ3) is 4.83. The fourth-order valence-corrected chi connectivity index (χ4v) is 3.76. The number of carbonyl (C=O) groups excluding carboxylic acids is 3. The van der Waals surface area contributed by atoms with Crippen LogP contribution in [0.3, 0.4) is 0 Å². The molecule has 1 atom stereocenters. The summed E-state index contributed by atoms with van der Waals surface area (Å²) in [6, 6.07) is 13.3. The topological polar surface area (TPSA) is 124 Å². The highest BCUT2D eigenvalue weighted by Gasteiger charge is 2.24. The van der Waals surface area contributed by atoms with Crippen molar-refractivity contribution in [1.82, 2.24) is 4.98 Å². The molecule has 3 amide bonds. The van der Waals surface area contributed by atoms with Crippen LogP contribution >= 0.6 is 0 Å². The zero-order chi connectivity index (χ0) is 24.4. The van der Waals surface area contributed by atoms with Crippen LogP contribution in [0, 0.1) is 6.92 Å². The molecule has 2 heterocycles. The number of benzene rings is 2. The van der Waals surface area contributed by atoms with Crippen molar-refractivity contribution in [2.45, 2.75) is 26.2 Å². The minimum absolute atomic E-state index is 0.0709. The molecule has 34 heavy (non-hydrogen) atoms. The van der Waals surface area contributed by atoms with Gasteiger partial charge in [0.25, 0.3) is 5.91 Å². The van der Waals surface area contributed by atoms with Crippen LogP contribution in [0.4, 0.5) is 16.2 Å². The lowest BCUT2D eigenvalue weighted by molar-refractivity contribution is -0.135. The minimum Gasteiger partial charge on any atom is -0.457 e. The zero-order valence-corrected chi connectivity index (χ0v) is 19.0. The van der Waals surface area contributed by atoms with Crippen molar-refractivity contribution < 1.29 is 23.9 Å². The van der Waals surface area contributed by atoms with Gasteiger partial charge in [-0.05, 0) is 54.3 Å². The number of hydrogen-bond acceptors (Lipinski definition) is 6.